The van der Waals surface area contributed by atoms with Gasteiger partial charge in [0.15, 0.2) is 0 Å². The van der Waals surface area contributed by atoms with E-state index in [1.807, 2.05) is 0 Å². The van der Waals surface area contributed by atoms with E-state index in [-0.39, 0.29) is 24.0 Å². The van der Waals surface area contributed by atoms with Gasteiger partial charge in [0.2, 0.25) is 0 Å². The summed E-state index contributed by atoms with van der Waals surface area (Å²) >= 11 is 0. The Kier molecular flexibility index (Phi) is 1.27. The van der Waals surface area contributed by atoms with E-state index < -0.39 is 61.1 Å². The van der Waals surface area contributed by atoms with Gasteiger partial charge in [0.05, 0.1) is 15.3 Å². The first kappa shape index (κ1) is 5.64. The predicted octanol–water partition coefficient (Wildman–Crippen LogP) is 3.38. The van der Waals surface area contributed by atoms with Crippen molar-refractivity contribution in [2.75, 3.05) is 20.6 Å². The molecule has 2 bridgehead atoms. The Labute approximate surface area is 137 Å². The number of hydrogen-bond donors (Lipinski definition) is 0. The maximum atomic E-state index is 9.27. The normalized spacial score (nSPS) is 53.5. The van der Waals surface area contributed by atoms with Crippen LogP contribution in [-0.2, 0) is 11.8 Å². The summed E-state index contributed by atoms with van der Waals surface area (Å²) in [7, 11) is -1.59. The van der Waals surface area contributed by atoms with E-state index in [2.05, 4.69) is 0 Å². The Bertz CT molecular complexity index is 946. The highest BCUT2D eigenvalue weighted by Gasteiger charge is 2.53. The summed E-state index contributed by atoms with van der Waals surface area (Å²) in [6.45, 7) is -2.54. The van der Waals surface area contributed by atoms with E-state index in [4.69, 9.17) is 18.4 Å². The summed E-state index contributed by atoms with van der Waals surface area (Å²) in [6, 6.07) is -3.02. The number of ether oxygens (including phenoxy) is 1. The molecule has 1 aliphatic heterocycles. The van der Waals surface area contributed by atoms with E-state index in [1.54, 1.807) is 0 Å². The van der Waals surface area contributed by atoms with Crippen molar-refractivity contribution in [3.8, 4) is 5.75 Å². The van der Waals surface area contributed by atoms with Crippen molar-refractivity contribution in [1.29, 1.82) is 0 Å². The Hall–Kier alpha value is -1.02. The molecular weight excluding hydrogens is 246 g/mol. The van der Waals surface area contributed by atoms with Crippen LogP contribution >= 0.6 is 0 Å². The van der Waals surface area contributed by atoms with Gasteiger partial charge in [-0.15, -0.1) is 0 Å². The summed E-state index contributed by atoms with van der Waals surface area (Å²) < 4.78 is 97.1. The summed E-state index contributed by atoms with van der Waals surface area (Å²) in [5.41, 5.74) is -1.42. The lowest BCUT2D eigenvalue weighted by Crippen LogP contribution is -2.59. The Morgan fingerprint density at radius 2 is 2.50 bits per heavy atom. The van der Waals surface area contributed by atoms with Crippen molar-refractivity contribution in [3.05, 3.63) is 29.3 Å². The number of likely N-dealkylation sites (tertiary alicyclic amines) is 1. The summed E-state index contributed by atoms with van der Waals surface area (Å²) in [5.74, 6) is -1.28. The summed E-state index contributed by atoms with van der Waals surface area (Å²) in [6.07, 6.45) is -0.787. The third-order valence-electron chi connectivity index (χ3n) is 4.96. The number of hydrogen-bond acceptors (Lipinski definition) is 2. The number of fused-ring (bicyclic) bond motifs is 1. The van der Waals surface area contributed by atoms with Crippen molar-refractivity contribution < 1.29 is 19.8 Å². The molecule has 2 heteroatoms. The van der Waals surface area contributed by atoms with Gasteiger partial charge in [0.1, 0.15) is 5.75 Å². The fourth-order valence-corrected chi connectivity index (χ4v) is 4.03. The zero-order valence-electron chi connectivity index (χ0n) is 22.5. The Morgan fingerprint density at radius 3 is 3.40 bits per heavy atom. The van der Waals surface area contributed by atoms with Gasteiger partial charge in [0.25, 0.3) is 0 Å². The van der Waals surface area contributed by atoms with Crippen LogP contribution in [0.3, 0.4) is 0 Å². The zero-order valence-corrected chi connectivity index (χ0v) is 11.5. The van der Waals surface area contributed by atoms with Gasteiger partial charge in [-0.25, -0.2) is 0 Å². The van der Waals surface area contributed by atoms with Crippen LogP contribution in [0.5, 0.6) is 5.75 Å². The molecule has 3 atom stereocenters. The van der Waals surface area contributed by atoms with Crippen LogP contribution in [0.25, 0.3) is 0 Å². The molecule has 0 spiro atoms. The first-order valence-electron chi connectivity index (χ1n) is 12.6. The third kappa shape index (κ3) is 1.60. The maximum Gasteiger partial charge on any atom is 0.119 e. The average molecular weight is 282 g/mol. The lowest BCUT2D eigenvalue weighted by atomic mass is 9.52. The van der Waals surface area contributed by atoms with Crippen LogP contribution in [0.15, 0.2) is 18.1 Å². The van der Waals surface area contributed by atoms with Crippen molar-refractivity contribution in [3.63, 3.8) is 0 Å². The first-order chi connectivity index (χ1) is 14.0. The SMILES string of the molecule is [2H]c1c([2H])c(OC([2H])([2H])[2H])c([2H])c2c1C[C@@]1([2H])C3CCCC[C@@]23C([2H])([2H])C([2H])([2H])N1C. The molecule has 2 nitrogen and oxygen atoms in total. The van der Waals surface area contributed by atoms with Gasteiger partial charge in [-0.2, -0.15) is 0 Å². The average Bonchev–Trinajstić information content (AvgIpc) is 2.67. The van der Waals surface area contributed by atoms with Crippen LogP contribution in [0.1, 0.15) is 58.3 Å². The Morgan fingerprint density at radius 1 is 1.55 bits per heavy atom. The lowest BCUT2D eigenvalue weighted by Gasteiger charge is -2.58. The molecule has 3 aliphatic rings. The first-order valence-corrected chi connectivity index (χ1v) is 7.10. The highest BCUT2D eigenvalue weighted by molar-refractivity contribution is 5.45. The van der Waals surface area contributed by atoms with E-state index in [0.29, 0.717) is 12.8 Å². The summed E-state index contributed by atoms with van der Waals surface area (Å²) in [5, 5.41) is 0. The highest BCUT2D eigenvalue weighted by atomic mass is 16.5. The van der Waals surface area contributed by atoms with Crippen LogP contribution < -0.4 is 4.74 Å². The van der Waals surface area contributed by atoms with E-state index >= 15 is 0 Å². The molecule has 4 rings (SSSR count). The standard InChI is InChI=1S/C18H25NO/c1-19-10-9-18-8-4-3-5-15(18)17(19)11-13-6-7-14(20-2)12-16(13)18/h6-7,12,15,17H,3-5,8-11H2,1-2H3/t15?,17-,18-/m0/s1/i2D3,6D,7D,9D2,10D2,12D,17D. The lowest BCUT2D eigenvalue weighted by molar-refractivity contribution is 0.00274. The van der Waals surface area contributed by atoms with Crippen molar-refractivity contribution in [2.24, 2.45) is 5.92 Å². The fourth-order valence-electron chi connectivity index (χ4n) is 4.03. The molecule has 0 amide bonds. The molecule has 2 fully saturated rings. The molecule has 0 N–H and O–H groups in total. The largest absolute Gasteiger partial charge is 0.497 e. The molecule has 1 saturated heterocycles. The maximum absolute atomic E-state index is 9.27. The zero-order chi connectivity index (χ0) is 23.4. The van der Waals surface area contributed by atoms with Crippen molar-refractivity contribution in [2.45, 2.75) is 49.9 Å². The molecular formula is C18H25NO. The Balaban J connectivity index is 2.14. The molecule has 0 radical (unpaired) electrons. The second-order valence-corrected chi connectivity index (χ2v) is 5.89. The minimum atomic E-state index is -2.97. The number of benzene rings is 1. The third-order valence-corrected chi connectivity index (χ3v) is 4.96. The minimum absolute atomic E-state index is 0.0438. The minimum Gasteiger partial charge on any atom is -0.497 e. The van der Waals surface area contributed by atoms with Gasteiger partial charge in [-0.3, -0.25) is 0 Å². The molecule has 1 aromatic rings. The monoisotopic (exact) mass is 282 g/mol. The number of likely N-dealkylation sites (N-methyl/N-ethyl adjacent to an activating group) is 1. The van der Waals surface area contributed by atoms with Gasteiger partial charge in [-0.05, 0) is 68.3 Å². The van der Waals surface area contributed by atoms with E-state index in [0.717, 1.165) is 11.3 Å². The van der Waals surface area contributed by atoms with E-state index in [9.17, 15) is 1.37 Å². The number of methoxy groups -OCH3 is 1. The predicted molar refractivity (Wildman–Crippen MR) is 81.4 cm³/mol. The number of piperidine rings is 1. The van der Waals surface area contributed by atoms with Gasteiger partial charge in [-0.1, -0.05) is 18.9 Å². The molecule has 1 saturated carbocycles. The van der Waals surface area contributed by atoms with Crippen LogP contribution in [0.4, 0.5) is 0 Å². The van der Waals surface area contributed by atoms with Gasteiger partial charge in [0, 0.05) is 18.3 Å². The molecule has 1 aromatic carbocycles. The second kappa shape index (κ2) is 4.49. The molecule has 1 unspecified atom stereocenters. The van der Waals surface area contributed by atoms with Crippen molar-refractivity contribution >= 4 is 0 Å². The number of rotatable bonds is 1. The van der Waals surface area contributed by atoms with Crippen molar-refractivity contribution in [1.82, 2.24) is 4.90 Å². The number of nitrogens with zero attached hydrogens (tertiary/aromatic N) is 1. The van der Waals surface area contributed by atoms with Crippen LogP contribution in [-0.4, -0.2) is 31.5 Å². The van der Waals surface area contributed by atoms with E-state index in [1.165, 1.54) is 7.05 Å². The quantitative estimate of drug-likeness (QED) is 0.783. The second-order valence-electron chi connectivity index (χ2n) is 5.89. The molecule has 2 aliphatic carbocycles. The highest BCUT2D eigenvalue weighted by Crippen LogP contribution is 2.55. The van der Waals surface area contributed by atoms with Crippen LogP contribution in [0.2, 0.25) is 0 Å². The van der Waals surface area contributed by atoms with Gasteiger partial charge >= 0.3 is 0 Å². The van der Waals surface area contributed by atoms with Crippen LogP contribution in [0, 0.1) is 5.92 Å². The smallest absolute Gasteiger partial charge is 0.119 e. The molecule has 108 valence electrons. The molecule has 1 heterocycles. The molecule has 0 aromatic heterocycles. The van der Waals surface area contributed by atoms with Gasteiger partial charge < -0.3 is 9.64 Å². The topological polar surface area (TPSA) is 12.5 Å². The fraction of sp³-hybridized carbons (Fsp3) is 0.667. The molecule has 20 heavy (non-hydrogen) atoms. The summed E-state index contributed by atoms with van der Waals surface area (Å²) in [4.78, 5) is 1.11.